The van der Waals surface area contributed by atoms with E-state index in [1.165, 1.54) is 32.1 Å². The van der Waals surface area contributed by atoms with E-state index in [1.54, 1.807) is 0 Å². The summed E-state index contributed by atoms with van der Waals surface area (Å²) in [5.41, 5.74) is 0.645. The van der Waals surface area contributed by atoms with Gasteiger partial charge in [0.1, 0.15) is 0 Å². The fraction of sp³-hybridized carbons (Fsp3) is 1.00. The van der Waals surface area contributed by atoms with Gasteiger partial charge in [0.25, 0.3) is 0 Å². The second-order valence-electron chi connectivity index (χ2n) is 5.51. The van der Waals surface area contributed by atoms with Gasteiger partial charge in [0, 0.05) is 6.61 Å². The summed E-state index contributed by atoms with van der Waals surface area (Å²) in [7, 11) is 0. The average molecular weight is 180 g/mol. The largest absolute Gasteiger partial charge is 0.381 e. The van der Waals surface area contributed by atoms with Crippen LogP contribution in [0.5, 0.6) is 0 Å². The van der Waals surface area contributed by atoms with Crippen LogP contribution in [0.4, 0.5) is 0 Å². The van der Waals surface area contributed by atoms with Crippen LogP contribution in [0.1, 0.15) is 39.0 Å². The minimum atomic E-state index is 0.645. The first-order valence-corrected chi connectivity index (χ1v) is 5.91. The molecule has 3 rings (SSSR count). The Hall–Kier alpha value is -0.0400. The summed E-state index contributed by atoms with van der Waals surface area (Å²) in [5, 5.41) is 0. The zero-order valence-electron chi connectivity index (χ0n) is 8.59. The normalized spacial score (nSPS) is 51.9. The number of rotatable bonds is 3. The lowest BCUT2D eigenvalue weighted by Crippen LogP contribution is -2.24. The number of ether oxygens (including phenoxy) is 1. The van der Waals surface area contributed by atoms with E-state index >= 15 is 0 Å². The van der Waals surface area contributed by atoms with Crippen molar-refractivity contribution in [2.75, 3.05) is 13.2 Å². The Bertz CT molecular complexity index is 192. The van der Waals surface area contributed by atoms with Gasteiger partial charge >= 0.3 is 0 Å². The first-order chi connectivity index (χ1) is 6.33. The third-order valence-electron chi connectivity index (χ3n) is 4.79. The number of hydrogen-bond acceptors (Lipinski definition) is 1. The lowest BCUT2D eigenvalue weighted by Gasteiger charge is -2.28. The fourth-order valence-electron chi connectivity index (χ4n) is 4.44. The molecule has 0 heterocycles. The zero-order valence-corrected chi connectivity index (χ0v) is 8.59. The fourth-order valence-corrected chi connectivity index (χ4v) is 4.44. The molecule has 0 aromatic heterocycles. The molecule has 0 aromatic rings. The Balaban J connectivity index is 1.74. The maximum absolute atomic E-state index is 5.66. The predicted octanol–water partition coefficient (Wildman–Crippen LogP) is 2.85. The van der Waals surface area contributed by atoms with Gasteiger partial charge in [-0.15, -0.1) is 0 Å². The topological polar surface area (TPSA) is 9.23 Å². The third-order valence-corrected chi connectivity index (χ3v) is 4.79. The molecule has 3 fully saturated rings. The smallest absolute Gasteiger partial charge is 0.0522 e. The standard InChI is InChI=1S/C12H20O/c1-2-13-8-12-5-9-3-4-10(6-12)11(9)7-12/h9-11H,2-8H2,1H3. The predicted molar refractivity (Wildman–Crippen MR) is 52.5 cm³/mol. The highest BCUT2D eigenvalue weighted by atomic mass is 16.5. The van der Waals surface area contributed by atoms with Crippen molar-refractivity contribution in [2.45, 2.75) is 39.0 Å². The molecule has 74 valence electrons. The maximum atomic E-state index is 5.66. The van der Waals surface area contributed by atoms with E-state index in [2.05, 4.69) is 6.92 Å². The minimum Gasteiger partial charge on any atom is -0.381 e. The van der Waals surface area contributed by atoms with Gasteiger partial charge in [-0.05, 0) is 62.2 Å². The van der Waals surface area contributed by atoms with Gasteiger partial charge < -0.3 is 4.74 Å². The van der Waals surface area contributed by atoms with Crippen LogP contribution in [0.25, 0.3) is 0 Å². The Labute approximate surface area is 80.8 Å². The lowest BCUT2D eigenvalue weighted by molar-refractivity contribution is 0.0490. The van der Waals surface area contributed by atoms with Crippen LogP contribution in [-0.2, 0) is 4.74 Å². The van der Waals surface area contributed by atoms with Crippen LogP contribution in [0.2, 0.25) is 0 Å². The first kappa shape index (κ1) is 8.28. The molecule has 13 heavy (non-hydrogen) atoms. The van der Waals surface area contributed by atoms with E-state index in [1.807, 2.05) is 0 Å². The van der Waals surface area contributed by atoms with Crippen LogP contribution in [0.3, 0.4) is 0 Å². The molecule has 3 aliphatic carbocycles. The van der Waals surface area contributed by atoms with Crippen molar-refractivity contribution in [3.63, 3.8) is 0 Å². The highest BCUT2D eigenvalue weighted by molar-refractivity contribution is 5.07. The van der Waals surface area contributed by atoms with E-state index in [0.29, 0.717) is 5.41 Å². The summed E-state index contributed by atoms with van der Waals surface area (Å²) >= 11 is 0. The molecule has 0 amide bonds. The van der Waals surface area contributed by atoms with Crippen LogP contribution in [-0.4, -0.2) is 13.2 Å². The van der Waals surface area contributed by atoms with E-state index in [9.17, 15) is 0 Å². The van der Waals surface area contributed by atoms with Crippen LogP contribution < -0.4 is 0 Å². The summed E-state index contributed by atoms with van der Waals surface area (Å²) in [6.45, 7) is 4.08. The van der Waals surface area contributed by atoms with Gasteiger partial charge in [-0.2, -0.15) is 0 Å². The molecule has 0 N–H and O–H groups in total. The Morgan fingerprint density at radius 2 is 1.85 bits per heavy atom. The van der Waals surface area contributed by atoms with Gasteiger partial charge in [-0.25, -0.2) is 0 Å². The van der Waals surface area contributed by atoms with Crippen molar-refractivity contribution in [1.29, 1.82) is 0 Å². The summed E-state index contributed by atoms with van der Waals surface area (Å²) in [6, 6.07) is 0. The summed E-state index contributed by atoms with van der Waals surface area (Å²) in [4.78, 5) is 0. The zero-order chi connectivity index (χ0) is 8.89. The van der Waals surface area contributed by atoms with Gasteiger partial charge in [0.2, 0.25) is 0 Å². The van der Waals surface area contributed by atoms with Gasteiger partial charge in [-0.1, -0.05) is 0 Å². The Kier molecular flexibility index (Phi) is 1.74. The van der Waals surface area contributed by atoms with Gasteiger partial charge in [0.15, 0.2) is 0 Å². The van der Waals surface area contributed by atoms with Crippen molar-refractivity contribution in [1.82, 2.24) is 0 Å². The molecule has 0 radical (unpaired) electrons. The summed E-state index contributed by atoms with van der Waals surface area (Å²) < 4.78 is 5.66. The third kappa shape index (κ3) is 1.09. The van der Waals surface area contributed by atoms with E-state index < -0.39 is 0 Å². The quantitative estimate of drug-likeness (QED) is 0.649. The molecule has 2 atom stereocenters. The molecular weight excluding hydrogens is 160 g/mol. The van der Waals surface area contributed by atoms with Crippen LogP contribution >= 0.6 is 0 Å². The van der Waals surface area contributed by atoms with E-state index in [4.69, 9.17) is 4.74 Å². The monoisotopic (exact) mass is 180 g/mol. The van der Waals surface area contributed by atoms with Gasteiger partial charge in [0.05, 0.1) is 6.61 Å². The second kappa shape index (κ2) is 2.73. The molecule has 0 aliphatic heterocycles. The molecule has 3 aliphatic rings. The van der Waals surface area contributed by atoms with Crippen LogP contribution in [0, 0.1) is 23.2 Å². The average Bonchev–Trinajstić information content (AvgIpc) is 2.68. The first-order valence-electron chi connectivity index (χ1n) is 5.91. The highest BCUT2D eigenvalue weighted by Crippen LogP contribution is 2.65. The van der Waals surface area contributed by atoms with Gasteiger partial charge in [-0.3, -0.25) is 0 Å². The van der Waals surface area contributed by atoms with E-state index in [-0.39, 0.29) is 0 Å². The molecular formula is C12H20O. The van der Waals surface area contributed by atoms with Crippen molar-refractivity contribution < 1.29 is 4.74 Å². The van der Waals surface area contributed by atoms with Crippen molar-refractivity contribution in [3.8, 4) is 0 Å². The molecule has 2 bridgehead atoms. The molecule has 0 saturated heterocycles. The van der Waals surface area contributed by atoms with E-state index in [0.717, 1.165) is 31.0 Å². The van der Waals surface area contributed by atoms with Crippen molar-refractivity contribution in [3.05, 3.63) is 0 Å². The molecule has 1 heteroatoms. The molecule has 1 nitrogen and oxygen atoms in total. The summed E-state index contributed by atoms with van der Waals surface area (Å²) in [5.74, 6) is 3.30. The number of fused-ring (bicyclic) bond motifs is 1. The van der Waals surface area contributed by atoms with Crippen molar-refractivity contribution >= 4 is 0 Å². The van der Waals surface area contributed by atoms with Crippen LogP contribution in [0.15, 0.2) is 0 Å². The molecule has 2 unspecified atom stereocenters. The molecule has 0 spiro atoms. The SMILES string of the molecule is CCOCC12CC3CCC(C1)C3C2. The maximum Gasteiger partial charge on any atom is 0.0522 e. The lowest BCUT2D eigenvalue weighted by atomic mass is 9.80. The molecule has 0 aromatic carbocycles. The summed E-state index contributed by atoms with van der Waals surface area (Å²) in [6.07, 6.45) is 7.55. The minimum absolute atomic E-state index is 0.645. The van der Waals surface area contributed by atoms with Crippen molar-refractivity contribution in [2.24, 2.45) is 23.2 Å². The second-order valence-corrected chi connectivity index (χ2v) is 5.51. The Morgan fingerprint density at radius 1 is 1.15 bits per heavy atom. The number of hydrogen-bond donors (Lipinski definition) is 0. The molecule has 3 saturated carbocycles. The Morgan fingerprint density at radius 3 is 2.38 bits per heavy atom. The highest BCUT2D eigenvalue weighted by Gasteiger charge is 2.57.